The maximum absolute atomic E-state index is 14.3. The second kappa shape index (κ2) is 5.19. The number of thiophene rings is 1. The Morgan fingerprint density at radius 3 is 2.90 bits per heavy atom. The van der Waals surface area contributed by atoms with Crippen LogP contribution in [0.4, 0.5) is 10.1 Å². The van der Waals surface area contributed by atoms with Gasteiger partial charge in [-0.2, -0.15) is 0 Å². The first kappa shape index (κ1) is 13.6. The molecule has 0 aliphatic carbocycles. The van der Waals surface area contributed by atoms with Gasteiger partial charge in [0.25, 0.3) is 0 Å². The van der Waals surface area contributed by atoms with Crippen LogP contribution >= 0.6 is 11.3 Å². The lowest BCUT2D eigenvalue weighted by molar-refractivity contribution is 0.199. The first-order valence-corrected chi connectivity index (χ1v) is 7.76. The summed E-state index contributed by atoms with van der Waals surface area (Å²) in [6, 6.07) is 7.36. The number of hydrogen-bond acceptors (Lipinski definition) is 3. The zero-order valence-corrected chi connectivity index (χ0v) is 12.5. The number of nitrogens with zero attached hydrogens (tertiary/aromatic N) is 1. The molecular weight excluding hydrogens is 273 g/mol. The molecule has 4 heteroatoms. The average molecular weight is 291 g/mol. The summed E-state index contributed by atoms with van der Waals surface area (Å²) in [6.07, 6.45) is 0.329. The lowest BCUT2D eigenvalue weighted by Crippen LogP contribution is -2.33. The van der Waals surface area contributed by atoms with Gasteiger partial charge in [0.05, 0.1) is 17.8 Å². The SMILES string of the molecule is CC1c2ccsc2CCN1c1ccc([C@H](C)O)cc1F. The van der Waals surface area contributed by atoms with Crippen molar-refractivity contribution >= 4 is 17.0 Å². The quantitative estimate of drug-likeness (QED) is 0.902. The van der Waals surface area contributed by atoms with Crippen LogP contribution in [0.2, 0.25) is 0 Å². The topological polar surface area (TPSA) is 23.5 Å². The molecule has 3 rings (SSSR count). The van der Waals surface area contributed by atoms with E-state index >= 15 is 0 Å². The van der Waals surface area contributed by atoms with E-state index in [1.54, 1.807) is 30.4 Å². The van der Waals surface area contributed by atoms with E-state index in [0.717, 1.165) is 13.0 Å². The molecule has 0 fully saturated rings. The van der Waals surface area contributed by atoms with Crippen molar-refractivity contribution in [2.45, 2.75) is 32.4 Å². The molecule has 0 spiro atoms. The molecule has 2 heterocycles. The monoisotopic (exact) mass is 291 g/mol. The summed E-state index contributed by atoms with van der Waals surface area (Å²) in [4.78, 5) is 3.52. The van der Waals surface area contributed by atoms with Crippen LogP contribution in [-0.4, -0.2) is 11.7 Å². The number of hydrogen-bond donors (Lipinski definition) is 1. The molecule has 1 aliphatic rings. The van der Waals surface area contributed by atoms with Gasteiger partial charge in [0.1, 0.15) is 5.82 Å². The molecule has 0 bridgehead atoms. The van der Waals surface area contributed by atoms with E-state index in [4.69, 9.17) is 0 Å². The standard InChI is InChI=1S/C16H18FNOS/c1-10-13-6-8-20-16(13)5-7-18(10)15-4-3-12(11(2)19)9-14(15)17/h3-4,6,8-11,19H,5,7H2,1-2H3/t10?,11-/m0/s1. The van der Waals surface area contributed by atoms with Gasteiger partial charge >= 0.3 is 0 Å². The third-order valence-electron chi connectivity index (χ3n) is 4.04. The summed E-state index contributed by atoms with van der Waals surface area (Å²) >= 11 is 1.78. The molecule has 0 radical (unpaired) electrons. The maximum atomic E-state index is 14.3. The summed E-state index contributed by atoms with van der Waals surface area (Å²) in [5, 5.41) is 11.6. The first-order valence-electron chi connectivity index (χ1n) is 6.88. The smallest absolute Gasteiger partial charge is 0.146 e. The zero-order chi connectivity index (χ0) is 14.3. The van der Waals surface area contributed by atoms with Crippen LogP contribution in [-0.2, 0) is 6.42 Å². The highest BCUT2D eigenvalue weighted by atomic mass is 32.1. The molecule has 0 saturated heterocycles. The van der Waals surface area contributed by atoms with E-state index < -0.39 is 6.10 Å². The largest absolute Gasteiger partial charge is 0.389 e. The highest BCUT2D eigenvalue weighted by Crippen LogP contribution is 2.37. The van der Waals surface area contributed by atoms with E-state index in [9.17, 15) is 9.50 Å². The molecule has 106 valence electrons. The normalized spacial score (nSPS) is 19.8. The van der Waals surface area contributed by atoms with E-state index in [2.05, 4.69) is 23.3 Å². The highest BCUT2D eigenvalue weighted by molar-refractivity contribution is 7.10. The van der Waals surface area contributed by atoms with Gasteiger partial charge < -0.3 is 10.0 Å². The summed E-state index contributed by atoms with van der Waals surface area (Å²) in [6.45, 7) is 4.60. The summed E-state index contributed by atoms with van der Waals surface area (Å²) in [5.41, 5.74) is 2.55. The second-order valence-electron chi connectivity index (χ2n) is 5.31. The maximum Gasteiger partial charge on any atom is 0.146 e. The average Bonchev–Trinajstić information content (AvgIpc) is 2.89. The first-order chi connectivity index (χ1) is 9.58. The van der Waals surface area contributed by atoms with Crippen molar-refractivity contribution in [3.8, 4) is 0 Å². The number of aliphatic hydroxyl groups is 1. The fourth-order valence-corrected chi connectivity index (χ4v) is 3.82. The lowest BCUT2D eigenvalue weighted by Gasteiger charge is -2.35. The minimum Gasteiger partial charge on any atom is -0.389 e. The second-order valence-corrected chi connectivity index (χ2v) is 6.31. The van der Waals surface area contributed by atoms with Crippen molar-refractivity contribution in [3.05, 3.63) is 51.5 Å². The molecule has 0 saturated carbocycles. The van der Waals surface area contributed by atoms with Crippen LogP contribution in [0, 0.1) is 5.82 Å². The van der Waals surface area contributed by atoms with Crippen molar-refractivity contribution in [2.24, 2.45) is 0 Å². The van der Waals surface area contributed by atoms with Gasteiger partial charge in [0.15, 0.2) is 0 Å². The predicted octanol–water partition coefficient (Wildman–Crippen LogP) is 4.06. The van der Waals surface area contributed by atoms with Crippen molar-refractivity contribution in [1.29, 1.82) is 0 Å². The molecule has 2 atom stereocenters. The molecular formula is C16H18FNOS. The van der Waals surface area contributed by atoms with Gasteiger partial charge in [-0.3, -0.25) is 0 Å². The Morgan fingerprint density at radius 2 is 2.20 bits per heavy atom. The molecule has 2 nitrogen and oxygen atoms in total. The Kier molecular flexibility index (Phi) is 3.52. The van der Waals surface area contributed by atoms with Crippen LogP contribution in [0.1, 0.15) is 42.0 Å². The Labute approximate surface area is 122 Å². The molecule has 2 aromatic rings. The Balaban J connectivity index is 1.94. The van der Waals surface area contributed by atoms with Gasteiger partial charge in [-0.1, -0.05) is 6.07 Å². The van der Waals surface area contributed by atoms with Crippen LogP contribution in [0.15, 0.2) is 29.6 Å². The third-order valence-corrected chi connectivity index (χ3v) is 5.04. The third kappa shape index (κ3) is 2.23. The lowest BCUT2D eigenvalue weighted by atomic mass is 10.00. The summed E-state index contributed by atoms with van der Waals surface area (Å²) < 4.78 is 14.3. The number of anilines is 1. The number of fused-ring (bicyclic) bond motifs is 1. The number of halogens is 1. The molecule has 0 amide bonds. The van der Waals surface area contributed by atoms with Crippen molar-refractivity contribution in [3.63, 3.8) is 0 Å². The van der Waals surface area contributed by atoms with Gasteiger partial charge in [0, 0.05) is 11.4 Å². The van der Waals surface area contributed by atoms with Crippen LogP contribution < -0.4 is 4.90 Å². The highest BCUT2D eigenvalue weighted by Gasteiger charge is 2.26. The minimum atomic E-state index is -0.638. The van der Waals surface area contributed by atoms with E-state index in [-0.39, 0.29) is 11.9 Å². The Hall–Kier alpha value is -1.39. The Bertz CT molecular complexity index is 623. The zero-order valence-electron chi connectivity index (χ0n) is 11.6. The Morgan fingerprint density at radius 1 is 1.40 bits per heavy atom. The van der Waals surface area contributed by atoms with E-state index in [1.165, 1.54) is 16.5 Å². The van der Waals surface area contributed by atoms with Gasteiger partial charge in [-0.15, -0.1) is 11.3 Å². The number of benzene rings is 1. The molecule has 1 N–H and O–H groups in total. The van der Waals surface area contributed by atoms with E-state index in [1.807, 2.05) is 0 Å². The number of rotatable bonds is 2. The van der Waals surface area contributed by atoms with Crippen molar-refractivity contribution in [2.75, 3.05) is 11.4 Å². The van der Waals surface area contributed by atoms with Crippen LogP contribution in [0.25, 0.3) is 0 Å². The van der Waals surface area contributed by atoms with E-state index in [0.29, 0.717) is 11.3 Å². The van der Waals surface area contributed by atoms with Gasteiger partial charge in [-0.25, -0.2) is 4.39 Å². The fraction of sp³-hybridized carbons (Fsp3) is 0.375. The molecule has 1 aromatic heterocycles. The number of aliphatic hydroxyl groups excluding tert-OH is 1. The molecule has 1 unspecified atom stereocenters. The van der Waals surface area contributed by atoms with Crippen LogP contribution in [0.3, 0.4) is 0 Å². The minimum absolute atomic E-state index is 0.192. The summed E-state index contributed by atoms with van der Waals surface area (Å²) in [7, 11) is 0. The summed E-state index contributed by atoms with van der Waals surface area (Å²) in [5.74, 6) is -0.256. The van der Waals surface area contributed by atoms with Gasteiger partial charge in [-0.05, 0) is 55.0 Å². The molecule has 1 aliphatic heterocycles. The van der Waals surface area contributed by atoms with Crippen molar-refractivity contribution < 1.29 is 9.50 Å². The fourth-order valence-electron chi connectivity index (χ4n) is 2.85. The van der Waals surface area contributed by atoms with Crippen LogP contribution in [0.5, 0.6) is 0 Å². The van der Waals surface area contributed by atoms with Gasteiger partial charge in [0.2, 0.25) is 0 Å². The molecule has 1 aromatic carbocycles. The predicted molar refractivity (Wildman–Crippen MR) is 80.8 cm³/mol. The molecule has 20 heavy (non-hydrogen) atoms. The van der Waals surface area contributed by atoms with Crippen molar-refractivity contribution in [1.82, 2.24) is 0 Å².